The van der Waals surface area contributed by atoms with Crippen molar-refractivity contribution in [1.82, 2.24) is 25.1 Å². The predicted molar refractivity (Wildman–Crippen MR) is 94.4 cm³/mol. The van der Waals surface area contributed by atoms with E-state index in [2.05, 4.69) is 25.1 Å². The van der Waals surface area contributed by atoms with E-state index in [1.54, 1.807) is 32.4 Å². The predicted octanol–water partition coefficient (Wildman–Crippen LogP) is 1.62. The molecule has 0 aliphatic carbocycles. The number of aromatic nitrogens is 4. The number of aryl methyl sites for hydroxylation is 2. The lowest BCUT2D eigenvalue weighted by Crippen LogP contribution is -2.48. The van der Waals surface area contributed by atoms with Crippen molar-refractivity contribution < 1.29 is 13.2 Å². The first-order chi connectivity index (χ1) is 12.4. The number of rotatable bonds is 5. The number of nitrogens with one attached hydrogen (secondary N) is 1. The molecule has 2 aliphatic heterocycles. The van der Waals surface area contributed by atoms with Gasteiger partial charge in [0.05, 0.1) is 17.6 Å². The fraction of sp³-hybridized carbons (Fsp3) is 0.588. The van der Waals surface area contributed by atoms with E-state index in [1.165, 1.54) is 0 Å². The van der Waals surface area contributed by atoms with Crippen molar-refractivity contribution >= 4 is 9.84 Å². The van der Waals surface area contributed by atoms with Crippen molar-refractivity contribution in [1.29, 1.82) is 0 Å². The highest BCUT2D eigenvalue weighted by Gasteiger charge is 2.44. The minimum atomic E-state index is -3.41. The van der Waals surface area contributed by atoms with Crippen LogP contribution in [0.25, 0.3) is 0 Å². The average molecular weight is 377 g/mol. The zero-order valence-electron chi connectivity index (χ0n) is 14.9. The Hall–Kier alpha value is -2.00. The van der Waals surface area contributed by atoms with Gasteiger partial charge in [-0.3, -0.25) is 15.0 Å². The molecule has 2 aromatic rings. The number of piperidine rings is 1. The van der Waals surface area contributed by atoms with Gasteiger partial charge in [-0.15, -0.1) is 0 Å². The maximum atomic E-state index is 12.9. The summed E-state index contributed by atoms with van der Waals surface area (Å²) < 4.78 is 31.8. The second-order valence-corrected chi connectivity index (χ2v) is 9.06. The molecule has 26 heavy (non-hydrogen) atoms. The van der Waals surface area contributed by atoms with Crippen LogP contribution in [0.5, 0.6) is 5.88 Å². The van der Waals surface area contributed by atoms with Gasteiger partial charge in [-0.05, 0) is 39.5 Å². The first-order valence-corrected chi connectivity index (χ1v) is 10.5. The fourth-order valence-electron chi connectivity index (χ4n) is 4.31. The summed E-state index contributed by atoms with van der Waals surface area (Å²) in [6.45, 7) is 3.48. The van der Waals surface area contributed by atoms with Crippen LogP contribution in [0.4, 0.5) is 0 Å². The SMILES string of the molecule is Cc1n[nH]c(C)c1S(=O)(=O)CN1[C@@H]2CC[C@H]1CC(Oc1cnccn1)C2. The van der Waals surface area contributed by atoms with Gasteiger partial charge >= 0.3 is 0 Å². The second-order valence-electron chi connectivity index (χ2n) is 7.16. The molecule has 2 aromatic heterocycles. The van der Waals surface area contributed by atoms with Gasteiger partial charge in [-0.1, -0.05) is 0 Å². The van der Waals surface area contributed by atoms with E-state index >= 15 is 0 Å². The van der Waals surface area contributed by atoms with Crippen molar-refractivity contribution in [3.05, 3.63) is 30.0 Å². The zero-order valence-corrected chi connectivity index (χ0v) is 15.7. The second kappa shape index (κ2) is 6.62. The Kier molecular flexibility index (Phi) is 4.44. The third-order valence-electron chi connectivity index (χ3n) is 5.36. The van der Waals surface area contributed by atoms with Crippen molar-refractivity contribution in [3.63, 3.8) is 0 Å². The summed E-state index contributed by atoms with van der Waals surface area (Å²) in [5.41, 5.74) is 1.14. The van der Waals surface area contributed by atoms with Crippen LogP contribution in [0.1, 0.15) is 37.1 Å². The third-order valence-corrected chi connectivity index (χ3v) is 7.22. The van der Waals surface area contributed by atoms with Gasteiger partial charge in [0.1, 0.15) is 16.9 Å². The summed E-state index contributed by atoms with van der Waals surface area (Å²) in [5.74, 6) is 0.573. The number of H-pyrrole nitrogens is 1. The Balaban J connectivity index is 1.47. The topological polar surface area (TPSA) is 101 Å². The van der Waals surface area contributed by atoms with Crippen LogP contribution in [-0.4, -0.2) is 57.5 Å². The summed E-state index contributed by atoms with van der Waals surface area (Å²) in [4.78, 5) is 10.7. The quantitative estimate of drug-likeness (QED) is 0.845. The van der Waals surface area contributed by atoms with E-state index in [0.29, 0.717) is 22.2 Å². The summed E-state index contributed by atoms with van der Waals surface area (Å²) in [6.07, 6.45) is 8.53. The van der Waals surface area contributed by atoms with Crippen LogP contribution in [0.3, 0.4) is 0 Å². The van der Waals surface area contributed by atoms with Gasteiger partial charge in [0.15, 0.2) is 9.84 Å². The maximum Gasteiger partial charge on any atom is 0.232 e. The van der Waals surface area contributed by atoms with Crippen LogP contribution >= 0.6 is 0 Å². The van der Waals surface area contributed by atoms with E-state index in [1.807, 2.05) is 0 Å². The maximum absolute atomic E-state index is 12.9. The van der Waals surface area contributed by atoms with E-state index in [0.717, 1.165) is 25.7 Å². The lowest BCUT2D eigenvalue weighted by molar-refractivity contribution is 0.0579. The first-order valence-electron chi connectivity index (χ1n) is 8.87. The molecule has 4 rings (SSSR count). The molecule has 9 heteroatoms. The van der Waals surface area contributed by atoms with Gasteiger partial charge in [-0.25, -0.2) is 13.4 Å². The standard InChI is InChI=1S/C17H23N5O3S/c1-11-17(12(2)21-20-11)26(23,24)10-22-13-3-4-14(22)8-15(7-13)25-16-9-18-5-6-19-16/h5-6,9,13-15H,3-4,7-8,10H2,1-2H3,(H,20,21)/t13-,14+,15?. The molecular formula is C17H23N5O3S. The van der Waals surface area contributed by atoms with Gasteiger partial charge in [0.2, 0.25) is 5.88 Å². The minimum Gasteiger partial charge on any atom is -0.473 e. The van der Waals surface area contributed by atoms with Crippen LogP contribution in [0.2, 0.25) is 0 Å². The Morgan fingerprint density at radius 2 is 1.96 bits per heavy atom. The van der Waals surface area contributed by atoms with E-state index in [-0.39, 0.29) is 24.1 Å². The molecule has 2 saturated heterocycles. The number of nitrogens with zero attached hydrogens (tertiary/aromatic N) is 4. The summed E-state index contributed by atoms with van der Waals surface area (Å²) in [6, 6.07) is 0.440. The summed E-state index contributed by atoms with van der Waals surface area (Å²) in [5, 5.41) is 6.80. The monoisotopic (exact) mass is 377 g/mol. The van der Waals surface area contributed by atoms with E-state index in [9.17, 15) is 8.42 Å². The fourth-order valence-corrected chi connectivity index (χ4v) is 6.26. The molecule has 0 radical (unpaired) electrons. The normalized spacial score (nSPS) is 26.2. The summed E-state index contributed by atoms with van der Waals surface area (Å²) >= 11 is 0. The van der Waals surface area contributed by atoms with Gasteiger partial charge in [-0.2, -0.15) is 5.10 Å². The summed E-state index contributed by atoms with van der Waals surface area (Å²) in [7, 11) is -3.41. The highest BCUT2D eigenvalue weighted by atomic mass is 32.2. The molecule has 4 heterocycles. The molecule has 2 fully saturated rings. The van der Waals surface area contributed by atoms with E-state index in [4.69, 9.17) is 4.74 Å². The molecule has 0 aromatic carbocycles. The molecule has 0 amide bonds. The molecule has 8 nitrogen and oxygen atoms in total. The molecule has 2 bridgehead atoms. The van der Waals surface area contributed by atoms with Crippen LogP contribution in [-0.2, 0) is 9.84 Å². The lowest BCUT2D eigenvalue weighted by Gasteiger charge is -2.38. The number of sulfone groups is 1. The minimum absolute atomic E-state index is 0.0431. The number of hydrogen-bond donors (Lipinski definition) is 1. The smallest absolute Gasteiger partial charge is 0.232 e. The molecule has 0 spiro atoms. The zero-order chi connectivity index (χ0) is 18.3. The Bertz CT molecular complexity index is 850. The van der Waals surface area contributed by atoms with Crippen LogP contribution in [0.15, 0.2) is 23.5 Å². The van der Waals surface area contributed by atoms with E-state index < -0.39 is 9.84 Å². The first kappa shape index (κ1) is 17.4. The third kappa shape index (κ3) is 3.21. The highest BCUT2D eigenvalue weighted by Crippen LogP contribution is 2.38. The van der Waals surface area contributed by atoms with Crippen molar-refractivity contribution in [2.75, 3.05) is 5.88 Å². The number of hydrogen-bond acceptors (Lipinski definition) is 7. The van der Waals surface area contributed by atoms with Crippen LogP contribution in [0, 0.1) is 13.8 Å². The highest BCUT2D eigenvalue weighted by molar-refractivity contribution is 7.91. The Morgan fingerprint density at radius 3 is 2.54 bits per heavy atom. The molecule has 1 N–H and O–H groups in total. The van der Waals surface area contributed by atoms with Crippen molar-refractivity contribution in [2.24, 2.45) is 0 Å². The molecule has 3 atom stereocenters. The van der Waals surface area contributed by atoms with Gasteiger partial charge in [0.25, 0.3) is 0 Å². The largest absolute Gasteiger partial charge is 0.473 e. The molecule has 1 unspecified atom stereocenters. The molecule has 140 valence electrons. The molecular weight excluding hydrogens is 354 g/mol. The average Bonchev–Trinajstić information content (AvgIpc) is 3.04. The van der Waals surface area contributed by atoms with Crippen molar-refractivity contribution in [2.45, 2.75) is 62.6 Å². The Morgan fingerprint density at radius 1 is 1.23 bits per heavy atom. The van der Waals surface area contributed by atoms with Crippen molar-refractivity contribution in [3.8, 4) is 5.88 Å². The molecule has 0 saturated carbocycles. The van der Waals surface area contributed by atoms with Crippen LogP contribution < -0.4 is 4.74 Å². The lowest BCUT2D eigenvalue weighted by atomic mass is 10.0. The Labute approximate surface area is 152 Å². The number of aromatic amines is 1. The van der Waals surface area contributed by atoms with Gasteiger partial charge in [0, 0.05) is 24.5 Å². The number of fused-ring (bicyclic) bond motifs is 2. The van der Waals surface area contributed by atoms with Gasteiger partial charge < -0.3 is 4.74 Å². The molecule has 2 aliphatic rings. The number of ether oxygens (including phenoxy) is 1.